The molecule has 1 aliphatic heterocycles. The zero-order valence-corrected chi connectivity index (χ0v) is 23.8. The van der Waals surface area contributed by atoms with Gasteiger partial charge in [-0.2, -0.15) is 0 Å². The number of likely N-dealkylation sites (N-methyl/N-ethyl adjacent to an activating group) is 1. The summed E-state index contributed by atoms with van der Waals surface area (Å²) >= 11 is 0. The van der Waals surface area contributed by atoms with Crippen LogP contribution in [0.25, 0.3) is 44.1 Å². The van der Waals surface area contributed by atoms with E-state index in [0.29, 0.717) is 57.8 Å². The van der Waals surface area contributed by atoms with Gasteiger partial charge in [-0.1, -0.05) is 0 Å². The van der Waals surface area contributed by atoms with Crippen LogP contribution in [0.3, 0.4) is 0 Å². The maximum atomic E-state index is 15.7. The second-order valence-electron chi connectivity index (χ2n) is 11.0. The van der Waals surface area contributed by atoms with E-state index >= 15 is 8.78 Å². The highest BCUT2D eigenvalue weighted by atomic mass is 19.2. The molecule has 0 aliphatic carbocycles. The number of pyridine rings is 3. The number of fused-ring (bicyclic) bond motifs is 4. The van der Waals surface area contributed by atoms with Gasteiger partial charge in [-0.3, -0.25) is 4.79 Å². The number of aromatic amines is 1. The van der Waals surface area contributed by atoms with Crippen LogP contribution in [-0.2, 0) is 7.05 Å². The molecule has 0 amide bonds. The largest absolute Gasteiger partial charge is 0.477 e. The zero-order chi connectivity index (χ0) is 29.9. The molecule has 0 saturated carbocycles. The summed E-state index contributed by atoms with van der Waals surface area (Å²) in [6.07, 6.45) is 6.30. The number of aromatic carboxylic acids is 1. The summed E-state index contributed by atoms with van der Waals surface area (Å²) in [7, 11) is 5.61. The molecule has 0 spiro atoms. The van der Waals surface area contributed by atoms with Gasteiger partial charge in [0.2, 0.25) is 5.43 Å². The quantitative estimate of drug-likeness (QED) is 0.258. The number of hydrogen-bond acceptors (Lipinski definition) is 7. The molecule has 3 N–H and O–H groups in total. The number of carboxylic acid groups (broad SMARTS) is 1. The fraction of sp³-hybridized carbons (Fsp3) is 0.333. The molecule has 42 heavy (non-hydrogen) atoms. The normalized spacial score (nSPS) is 15.5. The minimum Gasteiger partial charge on any atom is -0.477 e. The van der Waals surface area contributed by atoms with Crippen LogP contribution in [-0.4, -0.2) is 75.3 Å². The van der Waals surface area contributed by atoms with Gasteiger partial charge in [0.15, 0.2) is 11.6 Å². The first-order valence-electron chi connectivity index (χ1n) is 13.8. The average Bonchev–Trinajstić information content (AvgIpc) is 3.57. The van der Waals surface area contributed by atoms with E-state index in [1.807, 2.05) is 21.0 Å². The summed E-state index contributed by atoms with van der Waals surface area (Å²) in [5.74, 6) is -3.28. The number of benzene rings is 1. The summed E-state index contributed by atoms with van der Waals surface area (Å²) in [4.78, 5) is 41.6. The average molecular weight is 576 g/mol. The van der Waals surface area contributed by atoms with Gasteiger partial charge < -0.3 is 29.8 Å². The number of H-pyrrole nitrogens is 1. The van der Waals surface area contributed by atoms with Gasteiger partial charge >= 0.3 is 5.97 Å². The van der Waals surface area contributed by atoms with Gasteiger partial charge in [0.1, 0.15) is 16.9 Å². The predicted octanol–water partition coefficient (Wildman–Crippen LogP) is 4.57. The Labute approximate surface area is 239 Å². The highest BCUT2D eigenvalue weighted by Gasteiger charge is 2.32. The van der Waals surface area contributed by atoms with E-state index < -0.39 is 23.0 Å². The number of rotatable bonds is 7. The molecule has 6 rings (SSSR count). The molecule has 10 nitrogen and oxygen atoms in total. The van der Waals surface area contributed by atoms with Crippen LogP contribution in [0.15, 0.2) is 35.5 Å². The van der Waals surface area contributed by atoms with Crippen molar-refractivity contribution in [3.05, 3.63) is 58.1 Å². The summed E-state index contributed by atoms with van der Waals surface area (Å²) in [5, 5.41) is 13.4. The highest BCUT2D eigenvalue weighted by molar-refractivity contribution is 6.18. The number of carboxylic acids is 1. The number of nitrogens with one attached hydrogen (secondary N) is 2. The standard InChI is InChI=1S/C30H31F2N7O3/c1-5-33-21-10-20(31)24(32)22-23-26(39-8-6-7-16(39)13-37(2)3)18(12-34-28(23)36-25(21)22)15-9-17-27(40)19(30(41)42)14-38(4)29(17)35-11-15/h9-12,14,16,33H,5-8,13H2,1-4H3,(H,34,36)(H,41,42). The van der Waals surface area contributed by atoms with E-state index in [0.717, 1.165) is 25.5 Å². The first-order chi connectivity index (χ1) is 20.1. The van der Waals surface area contributed by atoms with Crippen molar-refractivity contribution in [2.45, 2.75) is 25.8 Å². The Morgan fingerprint density at radius 2 is 2.00 bits per heavy atom. The SMILES string of the molecule is CCNc1cc(F)c(F)c2c1[nH]c1ncc(-c3cnc4c(c3)c(=O)c(C(=O)O)cn4C)c(N3CCCC3CN(C)C)c12. The van der Waals surface area contributed by atoms with Crippen molar-refractivity contribution in [2.24, 2.45) is 7.05 Å². The molecule has 12 heteroatoms. The number of hydrogen-bond donors (Lipinski definition) is 3. The molecule has 218 valence electrons. The van der Waals surface area contributed by atoms with E-state index in [4.69, 9.17) is 0 Å². The lowest BCUT2D eigenvalue weighted by atomic mass is 10.0. The van der Waals surface area contributed by atoms with Crippen molar-refractivity contribution >= 4 is 50.3 Å². The molecule has 1 fully saturated rings. The van der Waals surface area contributed by atoms with E-state index in [1.54, 1.807) is 25.5 Å². The number of halogens is 2. The van der Waals surface area contributed by atoms with Crippen LogP contribution in [0, 0.1) is 11.6 Å². The van der Waals surface area contributed by atoms with Crippen molar-refractivity contribution in [2.75, 3.05) is 43.9 Å². The van der Waals surface area contributed by atoms with Gasteiger partial charge in [0.05, 0.1) is 33.1 Å². The lowest BCUT2D eigenvalue weighted by molar-refractivity contribution is 0.0695. The van der Waals surface area contributed by atoms with E-state index in [2.05, 4.69) is 30.1 Å². The molecule has 4 aromatic heterocycles. The fourth-order valence-corrected chi connectivity index (χ4v) is 6.19. The summed E-state index contributed by atoms with van der Waals surface area (Å²) < 4.78 is 32.2. The number of anilines is 2. The first-order valence-corrected chi connectivity index (χ1v) is 13.8. The second kappa shape index (κ2) is 10.4. The minimum absolute atomic E-state index is 0.0825. The van der Waals surface area contributed by atoms with Crippen molar-refractivity contribution in [1.29, 1.82) is 0 Å². The van der Waals surface area contributed by atoms with Crippen LogP contribution in [0.4, 0.5) is 20.2 Å². The molecule has 1 unspecified atom stereocenters. The molecule has 0 bridgehead atoms. The monoisotopic (exact) mass is 575 g/mol. The Morgan fingerprint density at radius 1 is 1.21 bits per heavy atom. The summed E-state index contributed by atoms with van der Waals surface area (Å²) in [6.45, 7) is 3.80. The first kappa shape index (κ1) is 27.6. The lowest BCUT2D eigenvalue weighted by Crippen LogP contribution is -2.38. The Morgan fingerprint density at radius 3 is 2.71 bits per heavy atom. The van der Waals surface area contributed by atoms with Gasteiger partial charge in [0, 0.05) is 68.5 Å². The summed E-state index contributed by atoms with van der Waals surface area (Å²) in [5.41, 5.74) is 2.31. The number of nitrogens with zero attached hydrogens (tertiary/aromatic N) is 5. The number of aromatic nitrogens is 4. The van der Waals surface area contributed by atoms with E-state index in [-0.39, 0.29) is 22.4 Å². The Hall–Kier alpha value is -4.58. The van der Waals surface area contributed by atoms with Crippen LogP contribution in [0.5, 0.6) is 0 Å². The Kier molecular flexibility index (Phi) is 6.80. The predicted molar refractivity (Wildman–Crippen MR) is 160 cm³/mol. The third kappa shape index (κ3) is 4.33. The summed E-state index contributed by atoms with van der Waals surface area (Å²) in [6, 6.07) is 2.83. The molecular formula is C30H31F2N7O3. The van der Waals surface area contributed by atoms with Crippen LogP contribution < -0.4 is 15.6 Å². The zero-order valence-electron chi connectivity index (χ0n) is 23.8. The Balaban J connectivity index is 1.71. The fourth-order valence-electron chi connectivity index (χ4n) is 6.19. The molecule has 0 radical (unpaired) electrons. The molecule has 1 aliphatic rings. The molecule has 1 saturated heterocycles. The molecule has 5 aromatic rings. The van der Waals surface area contributed by atoms with Gasteiger partial charge in [-0.15, -0.1) is 0 Å². The molecule has 1 atom stereocenters. The van der Waals surface area contributed by atoms with Crippen molar-refractivity contribution in [3.8, 4) is 11.1 Å². The van der Waals surface area contributed by atoms with Crippen LogP contribution in [0.1, 0.15) is 30.1 Å². The lowest BCUT2D eigenvalue weighted by Gasteiger charge is -2.31. The Bertz CT molecular complexity index is 1950. The number of carbonyl (C=O) groups is 1. The van der Waals surface area contributed by atoms with Gasteiger partial charge in [0.25, 0.3) is 0 Å². The van der Waals surface area contributed by atoms with Crippen molar-refractivity contribution in [1.82, 2.24) is 24.4 Å². The third-order valence-corrected chi connectivity index (χ3v) is 7.93. The van der Waals surface area contributed by atoms with E-state index in [9.17, 15) is 14.7 Å². The molecular weight excluding hydrogens is 544 g/mol. The molecule has 5 heterocycles. The third-order valence-electron chi connectivity index (χ3n) is 7.93. The molecule has 1 aromatic carbocycles. The highest BCUT2D eigenvalue weighted by Crippen LogP contribution is 2.45. The maximum Gasteiger partial charge on any atom is 0.341 e. The van der Waals surface area contributed by atoms with Crippen LogP contribution >= 0.6 is 0 Å². The van der Waals surface area contributed by atoms with Gasteiger partial charge in [-0.05, 0) is 39.9 Å². The topological polar surface area (TPSA) is 119 Å². The van der Waals surface area contributed by atoms with Crippen molar-refractivity contribution < 1.29 is 18.7 Å². The smallest absolute Gasteiger partial charge is 0.341 e. The van der Waals surface area contributed by atoms with Crippen LogP contribution in [0.2, 0.25) is 0 Å². The number of aryl methyl sites for hydroxylation is 1. The minimum atomic E-state index is -1.33. The maximum absolute atomic E-state index is 15.7. The van der Waals surface area contributed by atoms with Crippen molar-refractivity contribution in [3.63, 3.8) is 0 Å². The van der Waals surface area contributed by atoms with Gasteiger partial charge in [-0.25, -0.2) is 23.5 Å². The second-order valence-corrected chi connectivity index (χ2v) is 11.0. The van der Waals surface area contributed by atoms with E-state index in [1.165, 1.54) is 10.8 Å².